The molecule has 0 radical (unpaired) electrons. The highest BCUT2D eigenvalue weighted by Gasteiger charge is 2.14. The number of rotatable bonds is 4. The standard InChI is InChI=1S/C15H16ClFN2/c1-10-4-3-5-14(19-10)15(18-2)9-11-8-12(17)6-7-13(11)16/h3-8,15,18H,9H2,1-2H3. The number of halogens is 2. The maximum absolute atomic E-state index is 13.3. The first kappa shape index (κ1) is 14.0. The van der Waals surface area contributed by atoms with Gasteiger partial charge in [0, 0.05) is 10.7 Å². The van der Waals surface area contributed by atoms with Crippen LogP contribution in [-0.4, -0.2) is 12.0 Å². The van der Waals surface area contributed by atoms with Crippen molar-refractivity contribution < 1.29 is 4.39 Å². The van der Waals surface area contributed by atoms with E-state index in [1.54, 1.807) is 6.07 Å². The molecule has 0 amide bonds. The lowest BCUT2D eigenvalue weighted by Gasteiger charge is -2.17. The minimum Gasteiger partial charge on any atom is -0.311 e. The molecule has 1 N–H and O–H groups in total. The molecule has 0 fully saturated rings. The van der Waals surface area contributed by atoms with Gasteiger partial charge in [0.2, 0.25) is 0 Å². The third kappa shape index (κ3) is 3.52. The van der Waals surface area contributed by atoms with E-state index in [1.807, 2.05) is 32.2 Å². The molecule has 0 saturated heterocycles. The van der Waals surface area contributed by atoms with E-state index in [2.05, 4.69) is 10.3 Å². The summed E-state index contributed by atoms with van der Waals surface area (Å²) in [6.07, 6.45) is 0.601. The summed E-state index contributed by atoms with van der Waals surface area (Å²) in [5.74, 6) is -0.272. The Balaban J connectivity index is 2.26. The molecule has 0 aliphatic rings. The average molecular weight is 279 g/mol. The van der Waals surface area contributed by atoms with E-state index in [9.17, 15) is 4.39 Å². The normalized spacial score (nSPS) is 12.4. The van der Waals surface area contributed by atoms with Gasteiger partial charge >= 0.3 is 0 Å². The third-order valence-corrected chi connectivity index (χ3v) is 3.42. The van der Waals surface area contributed by atoms with Gasteiger partial charge in [-0.25, -0.2) is 4.39 Å². The Hall–Kier alpha value is -1.45. The van der Waals surface area contributed by atoms with Crippen molar-refractivity contribution in [2.45, 2.75) is 19.4 Å². The summed E-state index contributed by atoms with van der Waals surface area (Å²) < 4.78 is 13.3. The van der Waals surface area contributed by atoms with Crippen LogP contribution in [0.1, 0.15) is 23.0 Å². The minimum atomic E-state index is -0.272. The number of aryl methyl sites for hydroxylation is 1. The Labute approximate surface area is 117 Å². The van der Waals surface area contributed by atoms with Crippen molar-refractivity contribution in [2.75, 3.05) is 7.05 Å². The van der Waals surface area contributed by atoms with Gasteiger partial charge in [0.05, 0.1) is 11.7 Å². The van der Waals surface area contributed by atoms with Crippen LogP contribution in [0.2, 0.25) is 5.02 Å². The number of hydrogen-bond donors (Lipinski definition) is 1. The van der Waals surface area contributed by atoms with Crippen LogP contribution in [0.4, 0.5) is 4.39 Å². The molecule has 0 spiro atoms. The summed E-state index contributed by atoms with van der Waals surface area (Å²) >= 11 is 6.10. The Bertz CT molecular complexity index is 572. The fourth-order valence-electron chi connectivity index (χ4n) is 2.03. The molecule has 1 heterocycles. The monoisotopic (exact) mass is 278 g/mol. The van der Waals surface area contributed by atoms with E-state index in [1.165, 1.54) is 12.1 Å². The lowest BCUT2D eigenvalue weighted by molar-refractivity contribution is 0.569. The highest BCUT2D eigenvalue weighted by molar-refractivity contribution is 6.31. The number of likely N-dealkylation sites (N-methyl/N-ethyl adjacent to an activating group) is 1. The molecule has 0 aliphatic carbocycles. The number of hydrogen-bond acceptors (Lipinski definition) is 2. The van der Waals surface area contributed by atoms with Crippen LogP contribution in [0.3, 0.4) is 0 Å². The molecule has 19 heavy (non-hydrogen) atoms. The fourth-order valence-corrected chi connectivity index (χ4v) is 2.23. The van der Waals surface area contributed by atoms with Crippen molar-refractivity contribution in [2.24, 2.45) is 0 Å². The molecule has 4 heteroatoms. The van der Waals surface area contributed by atoms with Gasteiger partial charge in [-0.2, -0.15) is 0 Å². The molecule has 2 aromatic rings. The zero-order valence-corrected chi connectivity index (χ0v) is 11.7. The predicted octanol–water partition coefficient (Wildman–Crippen LogP) is 3.69. The Morgan fingerprint density at radius 1 is 1.32 bits per heavy atom. The molecule has 0 aliphatic heterocycles. The SMILES string of the molecule is CNC(Cc1cc(F)ccc1Cl)c1cccc(C)n1. The second-order valence-corrected chi connectivity index (χ2v) is 4.89. The quantitative estimate of drug-likeness (QED) is 0.923. The van der Waals surface area contributed by atoms with Crippen molar-refractivity contribution >= 4 is 11.6 Å². The second-order valence-electron chi connectivity index (χ2n) is 4.48. The highest BCUT2D eigenvalue weighted by Crippen LogP contribution is 2.23. The lowest BCUT2D eigenvalue weighted by Crippen LogP contribution is -2.20. The first-order chi connectivity index (χ1) is 9.10. The van der Waals surface area contributed by atoms with Crippen molar-refractivity contribution in [3.05, 3.63) is 64.2 Å². The zero-order valence-electron chi connectivity index (χ0n) is 11.0. The molecule has 1 atom stereocenters. The molecule has 0 bridgehead atoms. The molecule has 1 aromatic carbocycles. The number of benzene rings is 1. The predicted molar refractivity (Wildman–Crippen MR) is 75.9 cm³/mol. The van der Waals surface area contributed by atoms with Crippen LogP contribution >= 0.6 is 11.6 Å². The maximum Gasteiger partial charge on any atom is 0.123 e. The van der Waals surface area contributed by atoms with E-state index < -0.39 is 0 Å². The van der Waals surface area contributed by atoms with E-state index in [4.69, 9.17) is 11.6 Å². The maximum atomic E-state index is 13.3. The van der Waals surface area contributed by atoms with Crippen molar-refractivity contribution in [3.63, 3.8) is 0 Å². The van der Waals surface area contributed by atoms with E-state index in [-0.39, 0.29) is 11.9 Å². The molecule has 0 saturated carbocycles. The van der Waals surface area contributed by atoms with Gasteiger partial charge in [-0.05, 0) is 56.3 Å². The van der Waals surface area contributed by atoms with Crippen LogP contribution in [-0.2, 0) is 6.42 Å². The summed E-state index contributed by atoms with van der Waals surface area (Å²) in [5.41, 5.74) is 2.68. The molecule has 2 rings (SSSR count). The molecule has 2 nitrogen and oxygen atoms in total. The third-order valence-electron chi connectivity index (χ3n) is 3.05. The van der Waals surface area contributed by atoms with E-state index in [0.717, 1.165) is 17.0 Å². The highest BCUT2D eigenvalue weighted by atomic mass is 35.5. The van der Waals surface area contributed by atoms with Crippen LogP contribution in [0.25, 0.3) is 0 Å². The van der Waals surface area contributed by atoms with Crippen molar-refractivity contribution in [1.29, 1.82) is 0 Å². The summed E-state index contributed by atoms with van der Waals surface area (Å²) in [5, 5.41) is 3.78. The topological polar surface area (TPSA) is 24.9 Å². The first-order valence-electron chi connectivity index (χ1n) is 6.15. The first-order valence-corrected chi connectivity index (χ1v) is 6.52. The average Bonchev–Trinajstić information content (AvgIpc) is 2.39. The summed E-state index contributed by atoms with van der Waals surface area (Å²) in [4.78, 5) is 4.49. The fraction of sp³-hybridized carbons (Fsp3) is 0.267. The zero-order chi connectivity index (χ0) is 13.8. The number of pyridine rings is 1. The van der Waals surface area contributed by atoms with Crippen LogP contribution < -0.4 is 5.32 Å². The number of nitrogens with zero attached hydrogens (tertiary/aromatic N) is 1. The Morgan fingerprint density at radius 2 is 2.11 bits per heavy atom. The molecule has 100 valence electrons. The summed E-state index contributed by atoms with van der Waals surface area (Å²) in [6.45, 7) is 1.95. The van der Waals surface area contributed by atoms with Gasteiger partial charge in [0.1, 0.15) is 5.82 Å². The minimum absolute atomic E-state index is 0.0131. The lowest BCUT2D eigenvalue weighted by atomic mass is 10.0. The Morgan fingerprint density at radius 3 is 2.79 bits per heavy atom. The van der Waals surface area contributed by atoms with Crippen molar-refractivity contribution in [3.8, 4) is 0 Å². The second kappa shape index (κ2) is 6.13. The smallest absolute Gasteiger partial charge is 0.123 e. The molecule has 1 aromatic heterocycles. The van der Waals surface area contributed by atoms with Gasteiger partial charge in [0.15, 0.2) is 0 Å². The van der Waals surface area contributed by atoms with Gasteiger partial charge in [-0.1, -0.05) is 17.7 Å². The Kier molecular flexibility index (Phi) is 4.51. The van der Waals surface area contributed by atoms with E-state index in [0.29, 0.717) is 11.4 Å². The molecular formula is C15H16ClFN2. The molecular weight excluding hydrogens is 263 g/mol. The summed E-state index contributed by atoms with van der Waals surface area (Å²) in [6, 6.07) is 10.3. The van der Waals surface area contributed by atoms with Crippen LogP contribution in [0.15, 0.2) is 36.4 Å². The van der Waals surface area contributed by atoms with Gasteiger partial charge in [-0.3, -0.25) is 4.98 Å². The van der Waals surface area contributed by atoms with Crippen LogP contribution in [0.5, 0.6) is 0 Å². The molecule has 1 unspecified atom stereocenters. The van der Waals surface area contributed by atoms with Gasteiger partial charge < -0.3 is 5.32 Å². The van der Waals surface area contributed by atoms with Gasteiger partial charge in [0.25, 0.3) is 0 Å². The largest absolute Gasteiger partial charge is 0.311 e. The summed E-state index contributed by atoms with van der Waals surface area (Å²) in [7, 11) is 1.86. The van der Waals surface area contributed by atoms with Gasteiger partial charge in [-0.15, -0.1) is 0 Å². The van der Waals surface area contributed by atoms with E-state index >= 15 is 0 Å². The van der Waals surface area contributed by atoms with Crippen LogP contribution in [0, 0.1) is 12.7 Å². The number of nitrogens with one attached hydrogen (secondary N) is 1. The number of aromatic nitrogens is 1. The van der Waals surface area contributed by atoms with Crippen molar-refractivity contribution in [1.82, 2.24) is 10.3 Å².